The summed E-state index contributed by atoms with van der Waals surface area (Å²) in [5.41, 5.74) is 3.58. The molecule has 4 rings (SSSR count). The Morgan fingerprint density at radius 1 is 0.861 bits per heavy atom. The predicted octanol–water partition coefficient (Wildman–Crippen LogP) is 6.99. The van der Waals surface area contributed by atoms with Gasteiger partial charge in [-0.2, -0.15) is 0 Å². The number of hydrogen-bond acceptors (Lipinski definition) is 3. The van der Waals surface area contributed by atoms with Gasteiger partial charge < -0.3 is 15.0 Å². The molecule has 0 aromatic heterocycles. The molecule has 182 valence electrons. The van der Waals surface area contributed by atoms with Crippen molar-refractivity contribution in [3.8, 4) is 5.75 Å². The fraction of sp³-hybridized carbons (Fsp3) is 0.133. The zero-order valence-electron chi connectivity index (χ0n) is 20.0. The molecule has 0 saturated carbocycles. The van der Waals surface area contributed by atoms with Crippen LogP contribution in [0, 0.1) is 0 Å². The number of benzene rings is 4. The summed E-state index contributed by atoms with van der Waals surface area (Å²) in [6.07, 6.45) is 0.741. The average Bonchev–Trinajstić information content (AvgIpc) is 2.91. The lowest BCUT2D eigenvalue weighted by molar-refractivity contribution is 0.0987. The van der Waals surface area contributed by atoms with E-state index in [1.807, 2.05) is 73.7 Å². The van der Waals surface area contributed by atoms with Gasteiger partial charge in [0.1, 0.15) is 5.75 Å². The highest BCUT2D eigenvalue weighted by Crippen LogP contribution is 2.25. The molecule has 0 saturated heterocycles. The van der Waals surface area contributed by atoms with Crippen LogP contribution in [0.1, 0.15) is 33.2 Å². The van der Waals surface area contributed by atoms with E-state index in [0.29, 0.717) is 35.7 Å². The van der Waals surface area contributed by atoms with E-state index in [9.17, 15) is 9.59 Å². The summed E-state index contributed by atoms with van der Waals surface area (Å²) < 4.78 is 6.74. The van der Waals surface area contributed by atoms with Crippen molar-refractivity contribution in [1.29, 1.82) is 0 Å². The number of halogens is 1. The maximum Gasteiger partial charge on any atom is 0.259 e. The lowest BCUT2D eigenvalue weighted by Gasteiger charge is -2.21. The molecule has 6 heteroatoms. The number of nitrogens with one attached hydrogen (secondary N) is 1. The second-order valence-corrected chi connectivity index (χ2v) is 9.06. The van der Waals surface area contributed by atoms with E-state index in [0.717, 1.165) is 16.6 Å². The predicted molar refractivity (Wildman–Crippen MR) is 148 cm³/mol. The van der Waals surface area contributed by atoms with Crippen molar-refractivity contribution in [2.75, 3.05) is 23.4 Å². The summed E-state index contributed by atoms with van der Waals surface area (Å²) in [6, 6.07) is 31.9. The summed E-state index contributed by atoms with van der Waals surface area (Å²) in [5, 5.41) is 2.91. The highest BCUT2D eigenvalue weighted by molar-refractivity contribution is 9.10. The number of rotatable bonds is 9. The van der Waals surface area contributed by atoms with Crippen LogP contribution in [-0.2, 0) is 6.42 Å². The van der Waals surface area contributed by atoms with Gasteiger partial charge in [0, 0.05) is 34.4 Å². The Bertz CT molecular complexity index is 1310. The number of ether oxygens (including phenoxy) is 1. The van der Waals surface area contributed by atoms with E-state index in [2.05, 4.69) is 21.2 Å². The van der Waals surface area contributed by atoms with E-state index in [1.165, 1.54) is 5.56 Å². The molecule has 0 fully saturated rings. The number of anilines is 2. The Kier molecular flexibility index (Phi) is 8.53. The molecule has 0 heterocycles. The van der Waals surface area contributed by atoms with Gasteiger partial charge in [-0.05, 0) is 67.1 Å². The van der Waals surface area contributed by atoms with Crippen molar-refractivity contribution in [1.82, 2.24) is 0 Å². The number of para-hydroxylation sites is 1. The zero-order chi connectivity index (χ0) is 25.3. The molecule has 0 aliphatic carbocycles. The molecule has 0 aliphatic rings. The quantitative estimate of drug-likeness (QED) is 0.248. The number of amides is 2. The first kappa shape index (κ1) is 25.2. The van der Waals surface area contributed by atoms with Crippen molar-refractivity contribution in [2.24, 2.45) is 0 Å². The number of carbonyl (C=O) groups is 2. The normalized spacial score (nSPS) is 10.5. The van der Waals surface area contributed by atoms with Gasteiger partial charge in [-0.15, -0.1) is 0 Å². The summed E-state index contributed by atoms with van der Waals surface area (Å²) in [5.74, 6) is 0.132. The molecule has 0 unspecified atom stereocenters. The van der Waals surface area contributed by atoms with E-state index in [1.54, 1.807) is 41.3 Å². The summed E-state index contributed by atoms with van der Waals surface area (Å²) in [6.45, 7) is 2.95. The molecule has 4 aromatic rings. The van der Waals surface area contributed by atoms with Gasteiger partial charge >= 0.3 is 0 Å². The number of nitrogens with zero attached hydrogens (tertiary/aromatic N) is 1. The summed E-state index contributed by atoms with van der Waals surface area (Å²) in [7, 11) is 0. The highest BCUT2D eigenvalue weighted by Gasteiger charge is 2.17. The molecule has 4 aromatic carbocycles. The van der Waals surface area contributed by atoms with Crippen molar-refractivity contribution in [3.05, 3.63) is 124 Å². The van der Waals surface area contributed by atoms with Crippen molar-refractivity contribution < 1.29 is 14.3 Å². The molecule has 0 bridgehead atoms. The third kappa shape index (κ3) is 6.40. The second kappa shape index (κ2) is 12.2. The first-order valence-corrected chi connectivity index (χ1v) is 12.6. The van der Waals surface area contributed by atoms with E-state index < -0.39 is 0 Å². The largest absolute Gasteiger partial charge is 0.492 e. The van der Waals surface area contributed by atoms with Crippen LogP contribution in [0.25, 0.3) is 0 Å². The Hall–Kier alpha value is -3.90. The first-order valence-electron chi connectivity index (χ1n) is 11.8. The molecular formula is C30H27BrN2O3. The molecule has 2 amide bonds. The lowest BCUT2D eigenvalue weighted by atomic mass is 10.1. The van der Waals surface area contributed by atoms with Gasteiger partial charge in [0.2, 0.25) is 0 Å². The zero-order valence-corrected chi connectivity index (χ0v) is 21.6. The number of hydrogen-bond donors (Lipinski definition) is 1. The molecule has 0 aliphatic heterocycles. The van der Waals surface area contributed by atoms with Crippen LogP contribution in [0.15, 0.2) is 108 Å². The Labute approximate surface area is 219 Å². The Morgan fingerprint density at radius 2 is 1.53 bits per heavy atom. The topological polar surface area (TPSA) is 58.6 Å². The van der Waals surface area contributed by atoms with E-state index >= 15 is 0 Å². The van der Waals surface area contributed by atoms with Crippen LogP contribution >= 0.6 is 15.9 Å². The Morgan fingerprint density at radius 3 is 2.19 bits per heavy atom. The molecule has 1 N–H and O–H groups in total. The van der Waals surface area contributed by atoms with Crippen LogP contribution in [-0.4, -0.2) is 25.0 Å². The SMILES string of the molecule is CCN(C(=O)c1ccc(NC(=O)c2cc(Br)ccc2OCCc2ccccc2)cc1)c1ccccc1. The molecular weight excluding hydrogens is 516 g/mol. The average molecular weight is 543 g/mol. The van der Waals surface area contributed by atoms with Gasteiger partial charge in [-0.3, -0.25) is 9.59 Å². The van der Waals surface area contributed by atoms with Gasteiger partial charge in [-0.1, -0.05) is 64.5 Å². The van der Waals surface area contributed by atoms with Crippen LogP contribution in [0.4, 0.5) is 11.4 Å². The summed E-state index contributed by atoms with van der Waals surface area (Å²) >= 11 is 3.44. The smallest absolute Gasteiger partial charge is 0.259 e. The maximum absolute atomic E-state index is 13.1. The van der Waals surface area contributed by atoms with Crippen LogP contribution in [0.3, 0.4) is 0 Å². The molecule has 5 nitrogen and oxygen atoms in total. The van der Waals surface area contributed by atoms with Crippen molar-refractivity contribution in [2.45, 2.75) is 13.3 Å². The molecule has 36 heavy (non-hydrogen) atoms. The molecule has 0 atom stereocenters. The first-order chi connectivity index (χ1) is 17.5. The summed E-state index contributed by atoms with van der Waals surface area (Å²) in [4.78, 5) is 27.8. The number of carbonyl (C=O) groups excluding carboxylic acids is 2. The second-order valence-electron chi connectivity index (χ2n) is 8.14. The van der Waals surface area contributed by atoms with Gasteiger partial charge in [0.15, 0.2) is 0 Å². The minimum atomic E-state index is -0.287. The standard InChI is InChI=1S/C30H27BrN2O3/c1-2-33(26-11-7-4-8-12-26)30(35)23-13-16-25(17-14-23)32-29(34)27-21-24(31)15-18-28(27)36-20-19-22-9-5-3-6-10-22/h3-18,21H,2,19-20H2,1H3,(H,32,34). The Balaban J connectivity index is 1.43. The van der Waals surface area contributed by atoms with Crippen LogP contribution in [0.2, 0.25) is 0 Å². The minimum absolute atomic E-state index is 0.0948. The fourth-order valence-corrected chi connectivity index (χ4v) is 4.19. The lowest BCUT2D eigenvalue weighted by Crippen LogP contribution is -2.30. The third-order valence-electron chi connectivity index (χ3n) is 5.70. The maximum atomic E-state index is 13.1. The third-order valence-corrected chi connectivity index (χ3v) is 6.19. The molecule has 0 spiro atoms. The highest BCUT2D eigenvalue weighted by atomic mass is 79.9. The van der Waals surface area contributed by atoms with Crippen molar-refractivity contribution >= 4 is 39.1 Å². The van der Waals surface area contributed by atoms with Gasteiger partial charge in [-0.25, -0.2) is 0 Å². The minimum Gasteiger partial charge on any atom is -0.492 e. The molecule has 0 radical (unpaired) electrons. The van der Waals surface area contributed by atoms with Gasteiger partial charge in [0.05, 0.1) is 12.2 Å². The monoisotopic (exact) mass is 542 g/mol. The van der Waals surface area contributed by atoms with E-state index in [4.69, 9.17) is 4.74 Å². The van der Waals surface area contributed by atoms with Crippen LogP contribution in [0.5, 0.6) is 5.75 Å². The van der Waals surface area contributed by atoms with Crippen LogP contribution < -0.4 is 15.0 Å². The van der Waals surface area contributed by atoms with Gasteiger partial charge in [0.25, 0.3) is 11.8 Å². The fourth-order valence-electron chi connectivity index (χ4n) is 3.83. The van der Waals surface area contributed by atoms with E-state index in [-0.39, 0.29) is 11.8 Å². The van der Waals surface area contributed by atoms with Crippen molar-refractivity contribution in [3.63, 3.8) is 0 Å².